The molecule has 94 valence electrons. The first-order valence-corrected chi connectivity index (χ1v) is 6.72. The lowest BCUT2D eigenvalue weighted by Crippen LogP contribution is -2.01. The maximum Gasteiger partial charge on any atom is 0.0856 e. The van der Waals surface area contributed by atoms with Gasteiger partial charge in [-0.05, 0) is 23.3 Å². The number of aliphatic hydroxyl groups is 2. The molecule has 0 aliphatic carbocycles. The van der Waals surface area contributed by atoms with Crippen LogP contribution in [0.15, 0.2) is 58.3 Å². The number of hydrogen-bond donors (Lipinski definition) is 2. The zero-order valence-corrected chi connectivity index (χ0v) is 10.6. The third-order valence-electron chi connectivity index (χ3n) is 2.69. The van der Waals surface area contributed by atoms with Gasteiger partial charge in [-0.1, -0.05) is 36.4 Å². The Kier molecular flexibility index (Phi) is 4.25. The summed E-state index contributed by atoms with van der Waals surface area (Å²) >= 11 is 0. The van der Waals surface area contributed by atoms with E-state index >= 15 is 0 Å². The predicted molar refractivity (Wildman–Crippen MR) is 69.4 cm³/mol. The van der Waals surface area contributed by atoms with Crippen molar-refractivity contribution in [2.45, 2.75) is 23.0 Å². The van der Waals surface area contributed by atoms with E-state index in [9.17, 15) is 14.4 Å². The van der Waals surface area contributed by atoms with Crippen LogP contribution in [-0.2, 0) is 24.0 Å². The van der Waals surface area contributed by atoms with Crippen molar-refractivity contribution in [1.29, 1.82) is 0 Å². The van der Waals surface area contributed by atoms with Gasteiger partial charge in [0.2, 0.25) is 0 Å². The molecule has 0 heterocycles. The molecule has 2 N–H and O–H groups in total. The topological polar surface area (TPSA) is 57.5 Å². The van der Waals surface area contributed by atoms with Crippen molar-refractivity contribution < 1.29 is 14.4 Å². The lowest BCUT2D eigenvalue weighted by Gasteiger charge is -2.10. The summed E-state index contributed by atoms with van der Waals surface area (Å²) in [7, 11) is -1.39. The highest BCUT2D eigenvalue weighted by molar-refractivity contribution is 7.85. The first kappa shape index (κ1) is 13.0. The molecule has 0 amide bonds. The van der Waals surface area contributed by atoms with Gasteiger partial charge in [0.05, 0.1) is 24.0 Å². The van der Waals surface area contributed by atoms with E-state index in [0.717, 1.165) is 0 Å². The Morgan fingerprint density at radius 2 is 1.17 bits per heavy atom. The van der Waals surface area contributed by atoms with Crippen LogP contribution in [0.5, 0.6) is 0 Å². The predicted octanol–water partition coefficient (Wildman–Crippen LogP) is 1.84. The lowest BCUT2D eigenvalue weighted by atomic mass is 10.2. The second kappa shape index (κ2) is 5.91. The van der Waals surface area contributed by atoms with Gasteiger partial charge in [-0.3, -0.25) is 0 Å². The highest BCUT2D eigenvalue weighted by Gasteiger charge is 2.13. The van der Waals surface area contributed by atoms with E-state index in [4.69, 9.17) is 0 Å². The van der Waals surface area contributed by atoms with Crippen molar-refractivity contribution in [2.24, 2.45) is 0 Å². The summed E-state index contributed by atoms with van der Waals surface area (Å²) in [6.07, 6.45) is 0. The lowest BCUT2D eigenvalue weighted by molar-refractivity contribution is 0.278. The first-order valence-electron chi connectivity index (χ1n) is 5.57. The summed E-state index contributed by atoms with van der Waals surface area (Å²) in [6, 6.07) is 14.1. The molecule has 4 heteroatoms. The fraction of sp³-hybridized carbons (Fsp3) is 0.143. The molecule has 3 nitrogen and oxygen atoms in total. The Balaban J connectivity index is 2.48. The van der Waals surface area contributed by atoms with Crippen LogP contribution >= 0.6 is 0 Å². The molecular weight excluding hydrogens is 248 g/mol. The van der Waals surface area contributed by atoms with Crippen molar-refractivity contribution in [1.82, 2.24) is 0 Å². The standard InChI is InChI=1S/C14H14O3S/c15-9-11-5-1-3-7-13(11)18(17)14-8-4-2-6-12(14)10-16/h1-8,15-16H,9-10H2. The van der Waals surface area contributed by atoms with Crippen molar-refractivity contribution in [2.75, 3.05) is 0 Å². The molecule has 0 bridgehead atoms. The van der Waals surface area contributed by atoms with Crippen LogP contribution in [0.4, 0.5) is 0 Å². The van der Waals surface area contributed by atoms with Crippen LogP contribution in [0.2, 0.25) is 0 Å². The molecule has 2 rings (SSSR count). The fourth-order valence-electron chi connectivity index (χ4n) is 1.75. The van der Waals surface area contributed by atoms with E-state index in [2.05, 4.69) is 0 Å². The zero-order chi connectivity index (χ0) is 13.0. The molecule has 0 aliphatic heterocycles. The third kappa shape index (κ3) is 2.51. The minimum absolute atomic E-state index is 0.150. The average molecular weight is 262 g/mol. The molecule has 0 unspecified atom stereocenters. The maximum atomic E-state index is 12.5. The summed E-state index contributed by atoms with van der Waals surface area (Å²) in [6.45, 7) is -0.299. The third-order valence-corrected chi connectivity index (χ3v) is 4.28. The largest absolute Gasteiger partial charge is 0.392 e. The quantitative estimate of drug-likeness (QED) is 0.884. The van der Waals surface area contributed by atoms with E-state index < -0.39 is 10.8 Å². The van der Waals surface area contributed by atoms with E-state index in [-0.39, 0.29) is 13.2 Å². The second-order valence-electron chi connectivity index (χ2n) is 3.80. The van der Waals surface area contributed by atoms with Gasteiger partial charge in [-0.15, -0.1) is 0 Å². The van der Waals surface area contributed by atoms with Crippen LogP contribution in [-0.4, -0.2) is 14.4 Å². The van der Waals surface area contributed by atoms with E-state index in [1.165, 1.54) is 0 Å². The Hall–Kier alpha value is -1.49. The van der Waals surface area contributed by atoms with Gasteiger partial charge >= 0.3 is 0 Å². The van der Waals surface area contributed by atoms with E-state index in [0.29, 0.717) is 20.9 Å². The second-order valence-corrected chi connectivity index (χ2v) is 5.22. The van der Waals surface area contributed by atoms with Gasteiger partial charge in [-0.2, -0.15) is 0 Å². The SMILES string of the molecule is O=S(c1ccccc1CO)c1ccccc1CO. The van der Waals surface area contributed by atoms with Gasteiger partial charge in [0.15, 0.2) is 0 Å². The van der Waals surface area contributed by atoms with Crippen molar-refractivity contribution in [3.05, 3.63) is 59.7 Å². The fourth-order valence-corrected chi connectivity index (χ4v) is 3.13. The van der Waals surface area contributed by atoms with Crippen LogP contribution in [0.25, 0.3) is 0 Å². The Morgan fingerprint density at radius 1 is 0.778 bits per heavy atom. The molecule has 0 radical (unpaired) electrons. The number of rotatable bonds is 4. The first-order chi connectivity index (χ1) is 8.77. The molecule has 0 atom stereocenters. The monoisotopic (exact) mass is 262 g/mol. The summed E-state index contributed by atoms with van der Waals surface area (Å²) in [5, 5.41) is 18.5. The Bertz CT molecular complexity index is 517. The maximum absolute atomic E-state index is 12.5. The minimum Gasteiger partial charge on any atom is -0.392 e. The highest BCUT2D eigenvalue weighted by atomic mass is 32.2. The smallest absolute Gasteiger partial charge is 0.0856 e. The summed E-state index contributed by atoms with van der Waals surface area (Å²) < 4.78 is 12.5. The number of hydrogen-bond acceptors (Lipinski definition) is 3. The highest BCUT2D eigenvalue weighted by Crippen LogP contribution is 2.23. The van der Waals surface area contributed by atoms with E-state index in [1.54, 1.807) is 48.5 Å². The molecule has 0 spiro atoms. The molecule has 0 saturated carbocycles. The summed E-state index contributed by atoms with van der Waals surface area (Å²) in [4.78, 5) is 1.17. The number of aliphatic hydroxyl groups excluding tert-OH is 2. The van der Waals surface area contributed by atoms with Crippen molar-refractivity contribution in [3.63, 3.8) is 0 Å². The molecular formula is C14H14O3S. The number of benzene rings is 2. The van der Waals surface area contributed by atoms with E-state index in [1.807, 2.05) is 0 Å². The molecule has 0 aromatic heterocycles. The Labute approximate surface area is 108 Å². The van der Waals surface area contributed by atoms with Gasteiger partial charge in [0.25, 0.3) is 0 Å². The zero-order valence-electron chi connectivity index (χ0n) is 9.74. The molecule has 2 aromatic rings. The van der Waals surface area contributed by atoms with Crippen LogP contribution in [0.1, 0.15) is 11.1 Å². The van der Waals surface area contributed by atoms with Crippen LogP contribution in [0.3, 0.4) is 0 Å². The van der Waals surface area contributed by atoms with Gasteiger partial charge in [0.1, 0.15) is 0 Å². The normalized spacial score (nSPS) is 10.8. The van der Waals surface area contributed by atoms with Crippen LogP contribution < -0.4 is 0 Å². The Morgan fingerprint density at radius 3 is 1.56 bits per heavy atom. The average Bonchev–Trinajstić information content (AvgIpc) is 2.46. The van der Waals surface area contributed by atoms with Gasteiger partial charge in [-0.25, -0.2) is 4.21 Å². The van der Waals surface area contributed by atoms with Gasteiger partial charge < -0.3 is 10.2 Å². The van der Waals surface area contributed by atoms with Crippen molar-refractivity contribution in [3.8, 4) is 0 Å². The molecule has 0 saturated heterocycles. The molecule has 18 heavy (non-hydrogen) atoms. The minimum atomic E-state index is -1.39. The van der Waals surface area contributed by atoms with Gasteiger partial charge in [0, 0.05) is 9.79 Å². The summed E-state index contributed by atoms with van der Waals surface area (Å²) in [5.74, 6) is 0. The molecule has 0 aliphatic rings. The summed E-state index contributed by atoms with van der Waals surface area (Å²) in [5.41, 5.74) is 1.28. The molecule has 2 aromatic carbocycles. The van der Waals surface area contributed by atoms with Crippen molar-refractivity contribution >= 4 is 10.8 Å². The van der Waals surface area contributed by atoms with Crippen LogP contribution in [0, 0.1) is 0 Å². The molecule has 0 fully saturated rings.